The molecule has 2 aliphatic rings. The van der Waals surface area contributed by atoms with Crippen LogP contribution in [0.5, 0.6) is 5.75 Å². The Morgan fingerprint density at radius 1 is 1.21 bits per heavy atom. The first kappa shape index (κ1) is 12.7. The first-order chi connectivity index (χ1) is 8.86. The number of phenols is 1. The van der Waals surface area contributed by atoms with Gasteiger partial charge in [-0.05, 0) is 48.3 Å². The van der Waals surface area contributed by atoms with Gasteiger partial charge in [-0.15, -0.1) is 0 Å². The lowest BCUT2D eigenvalue weighted by molar-refractivity contribution is -0.131. The second kappa shape index (κ2) is 3.84. The highest BCUT2D eigenvalue weighted by Gasteiger charge is 2.65. The summed E-state index contributed by atoms with van der Waals surface area (Å²) < 4.78 is 0. The number of ketones is 1. The van der Waals surface area contributed by atoms with Crippen LogP contribution < -0.4 is 0 Å². The molecule has 0 aliphatic heterocycles. The fourth-order valence-electron chi connectivity index (χ4n) is 4.39. The third-order valence-electron chi connectivity index (χ3n) is 6.06. The quantitative estimate of drug-likeness (QED) is 0.880. The molecule has 2 heteroatoms. The maximum absolute atomic E-state index is 12.7. The summed E-state index contributed by atoms with van der Waals surface area (Å²) in [4.78, 5) is 12.7. The maximum Gasteiger partial charge on any atom is 0.142 e. The van der Waals surface area contributed by atoms with E-state index in [1.54, 1.807) is 12.1 Å². The first-order valence-electron chi connectivity index (χ1n) is 7.18. The lowest BCUT2D eigenvalue weighted by atomic mass is 9.70. The van der Waals surface area contributed by atoms with Crippen LogP contribution in [0, 0.1) is 22.7 Å². The number of carbonyl (C=O) groups is 1. The summed E-state index contributed by atoms with van der Waals surface area (Å²) in [5.41, 5.74) is 1.16. The molecule has 1 aromatic rings. The SMILES string of the molecule is CC12CCC(C(Cc3ccc(O)cc3)C1=O)C2(C)C. The number of Topliss-reactive ketones (excluding diaryl/α,β-unsaturated/α-hetero) is 1. The van der Waals surface area contributed by atoms with Crippen molar-refractivity contribution >= 4 is 5.78 Å². The Kier molecular flexibility index (Phi) is 2.57. The van der Waals surface area contributed by atoms with Gasteiger partial charge in [0.1, 0.15) is 11.5 Å². The second-order valence-corrected chi connectivity index (χ2v) is 7.04. The molecule has 0 spiro atoms. The molecular formula is C17H22O2. The zero-order valence-electron chi connectivity index (χ0n) is 11.9. The van der Waals surface area contributed by atoms with Gasteiger partial charge in [0, 0.05) is 11.3 Å². The normalized spacial score (nSPS) is 35.8. The van der Waals surface area contributed by atoms with E-state index in [0.29, 0.717) is 11.7 Å². The van der Waals surface area contributed by atoms with E-state index < -0.39 is 0 Å². The molecule has 3 atom stereocenters. The van der Waals surface area contributed by atoms with Gasteiger partial charge in [-0.3, -0.25) is 4.79 Å². The van der Waals surface area contributed by atoms with Crippen molar-refractivity contribution < 1.29 is 9.90 Å². The Balaban J connectivity index is 1.88. The number of carbonyl (C=O) groups excluding carboxylic acids is 1. The molecule has 19 heavy (non-hydrogen) atoms. The number of hydrogen-bond acceptors (Lipinski definition) is 2. The molecule has 0 saturated heterocycles. The summed E-state index contributed by atoms with van der Waals surface area (Å²) in [6.45, 7) is 6.69. The molecule has 2 bridgehead atoms. The first-order valence-corrected chi connectivity index (χ1v) is 7.18. The third kappa shape index (κ3) is 1.58. The molecule has 2 nitrogen and oxygen atoms in total. The van der Waals surface area contributed by atoms with E-state index in [2.05, 4.69) is 20.8 Å². The summed E-state index contributed by atoms with van der Waals surface area (Å²) in [5.74, 6) is 1.43. The van der Waals surface area contributed by atoms with E-state index >= 15 is 0 Å². The van der Waals surface area contributed by atoms with Gasteiger partial charge < -0.3 is 5.11 Å². The molecule has 1 aromatic carbocycles. The zero-order valence-corrected chi connectivity index (χ0v) is 11.9. The lowest BCUT2D eigenvalue weighted by Crippen LogP contribution is -2.33. The molecule has 0 amide bonds. The van der Waals surface area contributed by atoms with Crippen LogP contribution in [-0.2, 0) is 11.2 Å². The minimum absolute atomic E-state index is 0.126. The van der Waals surface area contributed by atoms with E-state index in [0.717, 1.165) is 18.4 Å². The predicted molar refractivity (Wildman–Crippen MR) is 74.9 cm³/mol. The van der Waals surface area contributed by atoms with Crippen LogP contribution in [0.1, 0.15) is 39.2 Å². The van der Waals surface area contributed by atoms with Crippen LogP contribution in [0.4, 0.5) is 0 Å². The van der Waals surface area contributed by atoms with E-state index in [4.69, 9.17) is 0 Å². The van der Waals surface area contributed by atoms with E-state index in [1.807, 2.05) is 12.1 Å². The number of phenolic OH excluding ortho intramolecular Hbond substituents is 1. The van der Waals surface area contributed by atoms with Gasteiger partial charge in [0.25, 0.3) is 0 Å². The average Bonchev–Trinajstić information content (AvgIpc) is 2.66. The number of benzene rings is 1. The van der Waals surface area contributed by atoms with Gasteiger partial charge in [0.05, 0.1) is 0 Å². The minimum atomic E-state index is -0.126. The Morgan fingerprint density at radius 3 is 2.37 bits per heavy atom. The number of fused-ring (bicyclic) bond motifs is 2. The van der Waals surface area contributed by atoms with Crippen LogP contribution in [0.15, 0.2) is 24.3 Å². The van der Waals surface area contributed by atoms with Crippen molar-refractivity contribution in [2.45, 2.75) is 40.0 Å². The van der Waals surface area contributed by atoms with E-state index in [1.165, 1.54) is 6.42 Å². The Bertz CT molecular complexity index is 515. The second-order valence-electron chi connectivity index (χ2n) is 7.04. The van der Waals surface area contributed by atoms with Gasteiger partial charge in [-0.2, -0.15) is 0 Å². The highest BCUT2D eigenvalue weighted by atomic mass is 16.3. The van der Waals surface area contributed by atoms with Gasteiger partial charge in [0.15, 0.2) is 0 Å². The van der Waals surface area contributed by atoms with Crippen LogP contribution in [0.3, 0.4) is 0 Å². The molecule has 1 N–H and O–H groups in total. The highest BCUT2D eigenvalue weighted by Crippen LogP contribution is 2.66. The number of hydrogen-bond donors (Lipinski definition) is 1. The molecule has 2 fully saturated rings. The predicted octanol–water partition coefficient (Wildman–Crippen LogP) is 3.58. The maximum atomic E-state index is 12.7. The van der Waals surface area contributed by atoms with Crippen molar-refractivity contribution in [2.75, 3.05) is 0 Å². The fourth-order valence-corrected chi connectivity index (χ4v) is 4.39. The van der Waals surface area contributed by atoms with Gasteiger partial charge in [-0.1, -0.05) is 32.9 Å². The monoisotopic (exact) mass is 258 g/mol. The molecule has 0 radical (unpaired) electrons. The van der Waals surface area contributed by atoms with Crippen LogP contribution in [0.2, 0.25) is 0 Å². The Labute approximate surface area is 114 Å². The lowest BCUT2D eigenvalue weighted by Gasteiger charge is -2.32. The molecule has 0 heterocycles. The standard InChI is InChI=1S/C17H22O2/c1-16(2)14-8-9-17(16,3)15(19)13(14)10-11-4-6-12(18)7-5-11/h4-7,13-14,18H,8-10H2,1-3H3. The van der Waals surface area contributed by atoms with Crippen LogP contribution >= 0.6 is 0 Å². The molecule has 3 unspecified atom stereocenters. The molecule has 2 saturated carbocycles. The zero-order chi connectivity index (χ0) is 13.8. The van der Waals surface area contributed by atoms with Crippen molar-refractivity contribution in [1.29, 1.82) is 0 Å². The highest BCUT2D eigenvalue weighted by molar-refractivity contribution is 5.91. The van der Waals surface area contributed by atoms with Crippen LogP contribution in [0.25, 0.3) is 0 Å². The molecule has 2 aliphatic carbocycles. The summed E-state index contributed by atoms with van der Waals surface area (Å²) in [5, 5.41) is 9.33. The molecule has 0 aromatic heterocycles. The summed E-state index contributed by atoms with van der Waals surface area (Å²) in [6, 6.07) is 7.29. The fraction of sp³-hybridized carbons (Fsp3) is 0.588. The van der Waals surface area contributed by atoms with Gasteiger partial charge >= 0.3 is 0 Å². The average molecular weight is 258 g/mol. The Morgan fingerprint density at radius 2 is 1.84 bits per heavy atom. The van der Waals surface area contributed by atoms with Crippen molar-refractivity contribution in [1.82, 2.24) is 0 Å². The van der Waals surface area contributed by atoms with Crippen molar-refractivity contribution in [3.8, 4) is 5.75 Å². The topological polar surface area (TPSA) is 37.3 Å². The largest absolute Gasteiger partial charge is 0.508 e. The van der Waals surface area contributed by atoms with Crippen molar-refractivity contribution in [3.05, 3.63) is 29.8 Å². The summed E-state index contributed by atoms with van der Waals surface area (Å²) in [7, 11) is 0. The van der Waals surface area contributed by atoms with Crippen molar-refractivity contribution in [2.24, 2.45) is 22.7 Å². The van der Waals surface area contributed by atoms with Crippen LogP contribution in [-0.4, -0.2) is 10.9 Å². The summed E-state index contributed by atoms with van der Waals surface area (Å²) >= 11 is 0. The molecule has 102 valence electrons. The third-order valence-corrected chi connectivity index (χ3v) is 6.06. The molecular weight excluding hydrogens is 236 g/mol. The van der Waals surface area contributed by atoms with Crippen molar-refractivity contribution in [3.63, 3.8) is 0 Å². The number of aromatic hydroxyl groups is 1. The van der Waals surface area contributed by atoms with E-state index in [-0.39, 0.29) is 22.5 Å². The van der Waals surface area contributed by atoms with Gasteiger partial charge in [-0.25, -0.2) is 0 Å². The Hall–Kier alpha value is -1.31. The smallest absolute Gasteiger partial charge is 0.142 e. The summed E-state index contributed by atoms with van der Waals surface area (Å²) in [6.07, 6.45) is 3.05. The molecule has 3 rings (SSSR count). The minimum Gasteiger partial charge on any atom is -0.508 e. The van der Waals surface area contributed by atoms with Gasteiger partial charge in [0.2, 0.25) is 0 Å². The number of rotatable bonds is 2. The van der Waals surface area contributed by atoms with E-state index in [9.17, 15) is 9.90 Å².